The molecule has 1 amide bonds. The van der Waals surface area contributed by atoms with Gasteiger partial charge >= 0.3 is 0 Å². The average molecular weight is 524 g/mol. The molecule has 3 aromatic carbocycles. The Bertz CT molecular complexity index is 1440. The summed E-state index contributed by atoms with van der Waals surface area (Å²) in [7, 11) is 0. The van der Waals surface area contributed by atoms with Gasteiger partial charge in [-0.05, 0) is 55.3 Å². The number of rotatable bonds is 8. The lowest BCUT2D eigenvalue weighted by Gasteiger charge is -2.34. The van der Waals surface area contributed by atoms with Crippen LogP contribution in [-0.4, -0.2) is 52.7 Å². The summed E-state index contributed by atoms with van der Waals surface area (Å²) in [6.07, 6.45) is 1.60. The maximum atomic E-state index is 14.3. The summed E-state index contributed by atoms with van der Waals surface area (Å²) in [4.78, 5) is 17.6. The summed E-state index contributed by atoms with van der Waals surface area (Å²) < 4.78 is 16.2. The van der Waals surface area contributed by atoms with Gasteiger partial charge in [0.1, 0.15) is 5.82 Å². The van der Waals surface area contributed by atoms with Crippen molar-refractivity contribution in [2.45, 2.75) is 26.9 Å². The van der Waals surface area contributed by atoms with Gasteiger partial charge in [0.05, 0.1) is 11.9 Å². The Balaban J connectivity index is 1.12. The molecule has 1 saturated heterocycles. The number of aromatic nitrogens is 1. The molecule has 1 aliphatic rings. The minimum Gasteiger partial charge on any atom is -0.315 e. The Labute approximate surface area is 229 Å². The molecule has 2 heterocycles. The first kappa shape index (κ1) is 26.5. The van der Waals surface area contributed by atoms with Crippen molar-refractivity contribution in [3.05, 3.63) is 124 Å². The maximum absolute atomic E-state index is 14.3. The normalized spacial score (nSPS) is 14.6. The van der Waals surface area contributed by atoms with E-state index in [1.165, 1.54) is 17.2 Å². The van der Waals surface area contributed by atoms with Crippen LogP contribution in [0.2, 0.25) is 0 Å². The number of hydrogen-bond acceptors (Lipinski definition) is 4. The van der Waals surface area contributed by atoms with Gasteiger partial charge in [0.25, 0.3) is 5.91 Å². The molecule has 0 spiro atoms. The number of piperazine rings is 1. The number of nitrogens with zero attached hydrogens (tertiary/aromatic N) is 4. The zero-order valence-corrected chi connectivity index (χ0v) is 22.5. The van der Waals surface area contributed by atoms with Gasteiger partial charge in [0.15, 0.2) is 0 Å². The van der Waals surface area contributed by atoms with Crippen LogP contribution in [-0.2, 0) is 13.1 Å². The number of carbonyl (C=O) groups excluding carboxylic acids is 1. The van der Waals surface area contributed by atoms with E-state index in [1.807, 2.05) is 54.8 Å². The van der Waals surface area contributed by atoms with E-state index in [-0.39, 0.29) is 11.7 Å². The first-order chi connectivity index (χ1) is 19.0. The fourth-order valence-corrected chi connectivity index (χ4v) is 5.11. The third-order valence-electron chi connectivity index (χ3n) is 7.27. The zero-order chi connectivity index (χ0) is 27.2. The highest BCUT2D eigenvalue weighted by Gasteiger charge is 2.17. The summed E-state index contributed by atoms with van der Waals surface area (Å²) in [5, 5.41) is 4.16. The van der Waals surface area contributed by atoms with Gasteiger partial charge < -0.3 is 4.57 Å². The molecule has 0 bridgehead atoms. The van der Waals surface area contributed by atoms with E-state index < -0.39 is 0 Å². The van der Waals surface area contributed by atoms with Crippen molar-refractivity contribution >= 4 is 12.1 Å². The van der Waals surface area contributed by atoms with Crippen molar-refractivity contribution in [3.8, 4) is 5.69 Å². The van der Waals surface area contributed by atoms with Gasteiger partial charge in [-0.25, -0.2) is 9.82 Å². The molecule has 0 saturated carbocycles. The molecule has 4 aromatic rings. The van der Waals surface area contributed by atoms with Gasteiger partial charge in [-0.1, -0.05) is 54.6 Å². The van der Waals surface area contributed by atoms with Crippen molar-refractivity contribution < 1.29 is 9.18 Å². The van der Waals surface area contributed by atoms with E-state index in [4.69, 9.17) is 0 Å². The molecule has 6 nitrogen and oxygen atoms in total. The third kappa shape index (κ3) is 6.50. The summed E-state index contributed by atoms with van der Waals surface area (Å²) >= 11 is 0. The van der Waals surface area contributed by atoms with Crippen LogP contribution >= 0.6 is 0 Å². The van der Waals surface area contributed by atoms with E-state index in [9.17, 15) is 9.18 Å². The molecule has 39 heavy (non-hydrogen) atoms. The Kier molecular flexibility index (Phi) is 8.30. The van der Waals surface area contributed by atoms with E-state index in [1.54, 1.807) is 18.3 Å². The second-order valence-corrected chi connectivity index (χ2v) is 10.0. The number of hydrazone groups is 1. The van der Waals surface area contributed by atoms with E-state index in [0.29, 0.717) is 11.3 Å². The van der Waals surface area contributed by atoms with Crippen LogP contribution in [0.3, 0.4) is 0 Å². The lowest BCUT2D eigenvalue weighted by Crippen LogP contribution is -2.45. The van der Waals surface area contributed by atoms with Gasteiger partial charge in [0.2, 0.25) is 0 Å². The number of amides is 1. The Morgan fingerprint density at radius 2 is 1.44 bits per heavy atom. The van der Waals surface area contributed by atoms with Crippen molar-refractivity contribution in [2.75, 3.05) is 26.2 Å². The predicted octanol–water partition coefficient (Wildman–Crippen LogP) is 5.31. The van der Waals surface area contributed by atoms with Crippen molar-refractivity contribution in [1.29, 1.82) is 0 Å². The minimum atomic E-state index is -0.287. The summed E-state index contributed by atoms with van der Waals surface area (Å²) in [6, 6.07) is 26.9. The predicted molar refractivity (Wildman–Crippen MR) is 154 cm³/mol. The summed E-state index contributed by atoms with van der Waals surface area (Å²) in [5.41, 5.74) is 8.75. The first-order valence-electron chi connectivity index (χ1n) is 13.3. The lowest BCUT2D eigenvalue weighted by atomic mass is 10.1. The highest BCUT2D eigenvalue weighted by molar-refractivity contribution is 5.95. The van der Waals surface area contributed by atoms with Gasteiger partial charge in [-0.3, -0.25) is 14.6 Å². The molecule has 0 radical (unpaired) electrons. The van der Waals surface area contributed by atoms with Gasteiger partial charge in [0, 0.05) is 61.8 Å². The monoisotopic (exact) mass is 523 g/mol. The fourth-order valence-electron chi connectivity index (χ4n) is 5.11. The molecule has 0 atom stereocenters. The number of halogens is 1. The molecule has 0 aliphatic carbocycles. The lowest BCUT2D eigenvalue weighted by molar-refractivity contribution is 0.0955. The number of nitrogens with one attached hydrogen (secondary N) is 1. The molecule has 0 unspecified atom stereocenters. The number of hydrogen-bond donors (Lipinski definition) is 1. The second kappa shape index (κ2) is 12.2. The molecular weight excluding hydrogens is 489 g/mol. The van der Waals surface area contributed by atoms with Crippen LogP contribution in [0.15, 0.2) is 90.0 Å². The minimum absolute atomic E-state index is 0.268. The molecule has 1 N–H and O–H groups in total. The van der Waals surface area contributed by atoms with Gasteiger partial charge in [-0.2, -0.15) is 5.10 Å². The quantitative estimate of drug-likeness (QED) is 0.251. The molecule has 5 rings (SSSR count). The van der Waals surface area contributed by atoms with Crippen LogP contribution in [0, 0.1) is 19.7 Å². The zero-order valence-electron chi connectivity index (χ0n) is 22.5. The molecular formula is C32H34FN5O. The molecule has 1 aliphatic heterocycles. The number of benzene rings is 3. The molecule has 1 fully saturated rings. The van der Waals surface area contributed by atoms with Crippen molar-refractivity contribution in [1.82, 2.24) is 19.8 Å². The highest BCUT2D eigenvalue weighted by Crippen LogP contribution is 2.22. The standard InChI is InChI=1S/C32H34FN5O/c1-24-20-29(25(2)38(24)31-11-7-6-10-30(31)33)21-34-35-32(39)28-14-12-27(13-15-28)23-37-18-16-36(17-19-37)22-26-8-4-3-5-9-26/h3-15,20-21H,16-19,22-23H2,1-2H3,(H,35,39)/b34-21-. The van der Waals surface area contributed by atoms with E-state index in [2.05, 4.69) is 50.7 Å². The highest BCUT2D eigenvalue weighted by atomic mass is 19.1. The second-order valence-electron chi connectivity index (χ2n) is 10.0. The van der Waals surface area contributed by atoms with Crippen molar-refractivity contribution in [2.24, 2.45) is 5.10 Å². The smallest absolute Gasteiger partial charge is 0.271 e. The van der Waals surface area contributed by atoms with E-state index >= 15 is 0 Å². The Morgan fingerprint density at radius 1 is 0.846 bits per heavy atom. The van der Waals surface area contributed by atoms with Crippen LogP contribution in [0.5, 0.6) is 0 Å². The third-order valence-corrected chi connectivity index (χ3v) is 7.27. The molecule has 200 valence electrons. The van der Waals surface area contributed by atoms with Gasteiger partial charge in [-0.15, -0.1) is 0 Å². The van der Waals surface area contributed by atoms with Crippen molar-refractivity contribution in [3.63, 3.8) is 0 Å². The first-order valence-corrected chi connectivity index (χ1v) is 13.3. The fraction of sp³-hybridized carbons (Fsp3) is 0.250. The SMILES string of the molecule is Cc1cc(/C=N\NC(=O)c2ccc(CN3CCN(Cc4ccccc4)CC3)cc2)c(C)n1-c1ccccc1F. The number of carbonyl (C=O) groups is 1. The van der Waals surface area contributed by atoms with Crippen LogP contribution in [0.4, 0.5) is 4.39 Å². The Morgan fingerprint density at radius 3 is 2.08 bits per heavy atom. The topological polar surface area (TPSA) is 52.9 Å². The summed E-state index contributed by atoms with van der Waals surface area (Å²) in [6.45, 7) is 9.86. The van der Waals surface area contributed by atoms with Crippen LogP contribution in [0.25, 0.3) is 5.69 Å². The van der Waals surface area contributed by atoms with Crippen LogP contribution in [0.1, 0.15) is 38.4 Å². The molecule has 7 heteroatoms. The Hall–Kier alpha value is -4.07. The number of aryl methyl sites for hydroxylation is 1. The average Bonchev–Trinajstić information content (AvgIpc) is 3.23. The molecule has 1 aromatic heterocycles. The summed E-state index contributed by atoms with van der Waals surface area (Å²) in [5.74, 6) is -0.555. The van der Waals surface area contributed by atoms with E-state index in [0.717, 1.165) is 56.2 Å². The maximum Gasteiger partial charge on any atom is 0.271 e. The number of para-hydroxylation sites is 1. The van der Waals surface area contributed by atoms with Crippen LogP contribution < -0.4 is 5.43 Å². The largest absolute Gasteiger partial charge is 0.315 e.